The van der Waals surface area contributed by atoms with Gasteiger partial charge in [-0.05, 0) is 66.1 Å². The van der Waals surface area contributed by atoms with Gasteiger partial charge in [-0.2, -0.15) is 0 Å². The first-order chi connectivity index (χ1) is 20.8. The molecule has 42 heavy (non-hydrogen) atoms. The monoisotopic (exact) mass is 572 g/mol. The van der Waals surface area contributed by atoms with Crippen molar-refractivity contribution in [3.05, 3.63) is 145 Å². The minimum Gasteiger partial charge on any atom is -0.252 e. The van der Waals surface area contributed by atoms with Crippen LogP contribution < -0.4 is 0 Å². The van der Waals surface area contributed by atoms with Gasteiger partial charge in [0.2, 0.25) is 0 Å². The highest BCUT2D eigenvalue weighted by molar-refractivity contribution is 7.13. The Morgan fingerprint density at radius 1 is 0.333 bits per heavy atom. The number of hydrogen-bond donors (Lipinski definition) is 0. The van der Waals surface area contributed by atoms with Gasteiger partial charge in [-0.25, -0.2) is 0 Å². The Balaban J connectivity index is 1.23. The predicted octanol–water partition coefficient (Wildman–Crippen LogP) is 11.2. The smallest absolute Gasteiger partial charge is 0.0797 e. The molecule has 198 valence electrons. The van der Waals surface area contributed by atoms with Crippen LogP contribution >= 0.6 is 22.7 Å². The van der Waals surface area contributed by atoms with Crippen molar-refractivity contribution < 1.29 is 0 Å². The summed E-state index contributed by atoms with van der Waals surface area (Å²) in [6, 6.07) is 44.4. The molecular weight excluding hydrogens is 549 g/mol. The standard InChI is InChI=1S/C38H24N2S2/c1-3-7-33-31(5-1)29(25-9-13-27(14-10-25)37-21-39-23-41-37)17-19-35(33)36-20-18-30(32-6-2-4-8-34(32)36)26-11-15-28(16-12-26)38-22-40-24-42-38/h1-24H. The van der Waals surface area contributed by atoms with E-state index in [1.54, 1.807) is 22.7 Å². The minimum atomic E-state index is 1.19. The summed E-state index contributed by atoms with van der Waals surface area (Å²) >= 11 is 3.33. The molecule has 0 N–H and O–H groups in total. The van der Waals surface area contributed by atoms with Crippen molar-refractivity contribution in [3.63, 3.8) is 0 Å². The Bertz CT molecular complexity index is 2000. The van der Waals surface area contributed by atoms with Gasteiger partial charge in [0.25, 0.3) is 0 Å². The molecule has 0 spiro atoms. The third-order valence-electron chi connectivity index (χ3n) is 7.96. The lowest BCUT2D eigenvalue weighted by Gasteiger charge is -2.16. The molecule has 6 aromatic carbocycles. The van der Waals surface area contributed by atoms with E-state index in [-0.39, 0.29) is 0 Å². The summed E-state index contributed by atoms with van der Waals surface area (Å²) in [4.78, 5) is 10.8. The van der Waals surface area contributed by atoms with Crippen LogP contribution in [-0.2, 0) is 0 Å². The van der Waals surface area contributed by atoms with Crippen LogP contribution in [0.5, 0.6) is 0 Å². The van der Waals surface area contributed by atoms with Crippen molar-refractivity contribution in [1.29, 1.82) is 0 Å². The molecule has 4 heteroatoms. The summed E-state index contributed by atoms with van der Waals surface area (Å²) in [5, 5.41) is 5.03. The van der Waals surface area contributed by atoms with E-state index in [0.29, 0.717) is 0 Å². The van der Waals surface area contributed by atoms with Crippen molar-refractivity contribution in [2.24, 2.45) is 0 Å². The van der Waals surface area contributed by atoms with Gasteiger partial charge in [0, 0.05) is 12.4 Å². The topological polar surface area (TPSA) is 25.8 Å². The second-order valence-corrected chi connectivity index (χ2v) is 12.1. The zero-order chi connectivity index (χ0) is 27.9. The van der Waals surface area contributed by atoms with E-state index in [2.05, 4.69) is 131 Å². The molecule has 2 aromatic heterocycles. The molecule has 0 saturated carbocycles. The van der Waals surface area contributed by atoms with Crippen LogP contribution in [0.3, 0.4) is 0 Å². The van der Waals surface area contributed by atoms with Crippen LogP contribution in [0, 0.1) is 0 Å². The fourth-order valence-electron chi connectivity index (χ4n) is 5.92. The summed E-state index contributed by atoms with van der Waals surface area (Å²) in [6.45, 7) is 0. The Morgan fingerprint density at radius 3 is 1.02 bits per heavy atom. The third-order valence-corrected chi connectivity index (χ3v) is 9.61. The molecule has 2 nitrogen and oxygen atoms in total. The normalized spacial score (nSPS) is 11.3. The van der Waals surface area contributed by atoms with E-state index in [1.165, 1.54) is 75.8 Å². The number of benzene rings is 6. The van der Waals surface area contributed by atoms with Gasteiger partial charge in [0.05, 0.1) is 20.8 Å². The zero-order valence-corrected chi connectivity index (χ0v) is 24.2. The molecule has 8 aromatic rings. The largest absolute Gasteiger partial charge is 0.252 e. The van der Waals surface area contributed by atoms with Gasteiger partial charge in [-0.15, -0.1) is 22.7 Å². The van der Waals surface area contributed by atoms with E-state index in [0.717, 1.165) is 0 Å². The van der Waals surface area contributed by atoms with Crippen LogP contribution in [-0.4, -0.2) is 9.97 Å². The maximum Gasteiger partial charge on any atom is 0.0797 e. The average molecular weight is 573 g/mol. The summed E-state index contributed by atoms with van der Waals surface area (Å²) in [6.07, 6.45) is 3.86. The molecule has 0 aliphatic carbocycles. The lowest BCUT2D eigenvalue weighted by atomic mass is 9.88. The molecule has 0 saturated heterocycles. The van der Waals surface area contributed by atoms with Gasteiger partial charge in [-0.3, -0.25) is 9.97 Å². The fraction of sp³-hybridized carbons (Fsp3) is 0. The second-order valence-electron chi connectivity index (χ2n) is 10.3. The molecular formula is C38H24N2S2. The number of hydrogen-bond acceptors (Lipinski definition) is 4. The Hall–Kier alpha value is -4.90. The van der Waals surface area contributed by atoms with Crippen molar-refractivity contribution in [3.8, 4) is 54.3 Å². The lowest BCUT2D eigenvalue weighted by molar-refractivity contribution is 1.42. The Kier molecular flexibility index (Phi) is 6.21. The quantitative estimate of drug-likeness (QED) is 0.205. The summed E-state index contributed by atoms with van der Waals surface area (Å²) in [5.41, 5.74) is 13.6. The first kappa shape index (κ1) is 24.9. The van der Waals surface area contributed by atoms with Gasteiger partial charge in [0.15, 0.2) is 0 Å². The van der Waals surface area contributed by atoms with Crippen LogP contribution in [0.25, 0.3) is 75.8 Å². The Labute approximate surface area is 252 Å². The highest BCUT2D eigenvalue weighted by atomic mass is 32.1. The molecule has 0 radical (unpaired) electrons. The molecule has 0 unspecified atom stereocenters. The maximum atomic E-state index is 4.23. The number of rotatable bonds is 5. The summed E-state index contributed by atoms with van der Waals surface area (Å²) in [5.74, 6) is 0. The highest BCUT2D eigenvalue weighted by Gasteiger charge is 2.14. The molecule has 0 aliphatic rings. The van der Waals surface area contributed by atoms with Crippen molar-refractivity contribution in [2.45, 2.75) is 0 Å². The van der Waals surface area contributed by atoms with Crippen LogP contribution in [0.2, 0.25) is 0 Å². The van der Waals surface area contributed by atoms with E-state index in [1.807, 2.05) is 23.4 Å². The summed E-state index contributed by atoms with van der Waals surface area (Å²) in [7, 11) is 0. The molecule has 0 atom stereocenters. The average Bonchev–Trinajstić information content (AvgIpc) is 3.80. The van der Waals surface area contributed by atoms with Gasteiger partial charge in [0.1, 0.15) is 0 Å². The summed E-state index contributed by atoms with van der Waals surface area (Å²) < 4.78 is 0. The van der Waals surface area contributed by atoms with Crippen molar-refractivity contribution in [2.75, 3.05) is 0 Å². The maximum absolute atomic E-state index is 4.23. The molecule has 0 amide bonds. The molecule has 8 rings (SSSR count). The molecule has 0 aliphatic heterocycles. The first-order valence-corrected chi connectivity index (χ1v) is 15.6. The zero-order valence-electron chi connectivity index (χ0n) is 22.6. The predicted molar refractivity (Wildman–Crippen MR) is 180 cm³/mol. The number of aromatic nitrogens is 2. The number of fused-ring (bicyclic) bond motifs is 2. The second kappa shape index (κ2) is 10.5. The minimum absolute atomic E-state index is 1.19. The van der Waals surface area contributed by atoms with E-state index in [9.17, 15) is 0 Å². The fourth-order valence-corrected chi connectivity index (χ4v) is 7.17. The van der Waals surface area contributed by atoms with Gasteiger partial charge < -0.3 is 0 Å². The van der Waals surface area contributed by atoms with Crippen LogP contribution in [0.4, 0.5) is 0 Å². The highest BCUT2D eigenvalue weighted by Crippen LogP contribution is 2.41. The van der Waals surface area contributed by atoms with Crippen LogP contribution in [0.15, 0.2) is 145 Å². The van der Waals surface area contributed by atoms with Gasteiger partial charge in [-0.1, -0.05) is 121 Å². The molecule has 0 fully saturated rings. The lowest BCUT2D eigenvalue weighted by Crippen LogP contribution is -1.89. The number of nitrogens with zero attached hydrogens (tertiary/aromatic N) is 2. The van der Waals surface area contributed by atoms with Crippen molar-refractivity contribution in [1.82, 2.24) is 9.97 Å². The van der Waals surface area contributed by atoms with E-state index in [4.69, 9.17) is 0 Å². The van der Waals surface area contributed by atoms with E-state index < -0.39 is 0 Å². The third kappa shape index (κ3) is 4.33. The SMILES string of the molecule is c1ccc2c(-c3ccc(-c4ccc(-c5cncs5)cc4)c4ccccc34)ccc(-c3ccc(-c4cncs4)cc3)c2c1. The van der Waals surface area contributed by atoms with Crippen LogP contribution in [0.1, 0.15) is 0 Å². The van der Waals surface area contributed by atoms with Gasteiger partial charge >= 0.3 is 0 Å². The number of thiazole rings is 2. The first-order valence-electron chi connectivity index (χ1n) is 13.9. The Morgan fingerprint density at radius 2 is 0.667 bits per heavy atom. The van der Waals surface area contributed by atoms with E-state index >= 15 is 0 Å². The molecule has 0 bridgehead atoms. The van der Waals surface area contributed by atoms with Crippen molar-refractivity contribution >= 4 is 44.2 Å². The molecule has 2 heterocycles.